The summed E-state index contributed by atoms with van der Waals surface area (Å²) < 4.78 is 104. The van der Waals surface area contributed by atoms with Crippen LogP contribution in [0.4, 0.5) is 42.1 Å². The zero-order chi connectivity index (χ0) is 44.9. The minimum absolute atomic E-state index is 0. The van der Waals surface area contributed by atoms with Crippen LogP contribution in [0.1, 0.15) is 74.3 Å². The largest absolute Gasteiger partial charge is 0.477 e. The Morgan fingerprint density at radius 2 is 1.19 bits per heavy atom. The maximum absolute atomic E-state index is 12.6. The molecule has 0 amide bonds. The lowest BCUT2D eigenvalue weighted by Crippen LogP contribution is -2.28. The summed E-state index contributed by atoms with van der Waals surface area (Å²) in [4.78, 5) is 68.6. The van der Waals surface area contributed by atoms with Gasteiger partial charge in [0, 0.05) is 18.2 Å². The summed E-state index contributed by atoms with van der Waals surface area (Å²) in [6.45, 7) is 14.4. The van der Waals surface area contributed by atoms with Gasteiger partial charge in [0.2, 0.25) is 5.76 Å². The lowest BCUT2D eigenvalue weighted by atomic mass is 9.76. The van der Waals surface area contributed by atoms with E-state index < -0.39 is 93.0 Å². The van der Waals surface area contributed by atoms with Crippen molar-refractivity contribution < 1.29 is 88.5 Å². The maximum Gasteiger partial charge on any atom is 0.422 e. The molecule has 0 saturated heterocycles. The second-order valence-electron chi connectivity index (χ2n) is 12.7. The average Bonchev–Trinajstić information content (AvgIpc) is 3.05. The van der Waals surface area contributed by atoms with Crippen LogP contribution in [0.25, 0.3) is 0 Å². The van der Waals surface area contributed by atoms with E-state index in [2.05, 4.69) is 25.7 Å². The van der Waals surface area contributed by atoms with E-state index in [9.17, 15) is 60.6 Å². The average molecular weight is 851 g/mol. The molecular weight excluding hydrogens is 805 g/mol. The SMILES string of the molecule is C.C=C(OOC(C)(C)C)C(=O)OCC.CCOC(=O)C(c1ccc([N+](=O)[O-])c(OCC(F)(F)F)c1)C(C)(C)C.O=C=O.O=[N+]([O-])c1ccc(F)cc1OCC(F)(F)F. The Morgan fingerprint density at radius 1 is 0.776 bits per heavy atom. The molecule has 0 aliphatic rings. The number of rotatable bonds is 13. The van der Waals surface area contributed by atoms with Gasteiger partial charge < -0.3 is 23.8 Å². The van der Waals surface area contributed by atoms with Crippen molar-refractivity contribution in [3.63, 3.8) is 0 Å². The number of esters is 2. The quantitative estimate of drug-likeness (QED) is 0.0351. The normalized spacial score (nSPS) is 11.4. The van der Waals surface area contributed by atoms with Crippen LogP contribution in [0.15, 0.2) is 48.7 Å². The van der Waals surface area contributed by atoms with Gasteiger partial charge in [0.15, 0.2) is 24.7 Å². The number of alkyl halides is 6. The number of ether oxygens (including phenoxy) is 4. The molecule has 0 saturated carbocycles. The van der Waals surface area contributed by atoms with Crippen molar-refractivity contribution in [3.8, 4) is 11.5 Å². The molecule has 16 nitrogen and oxygen atoms in total. The van der Waals surface area contributed by atoms with Crippen molar-refractivity contribution in [2.24, 2.45) is 5.41 Å². The first-order valence-electron chi connectivity index (χ1n) is 15.9. The standard InChI is InChI=1S/C16H20F3NO5.C9H16O4.C8H5F4NO3.CO2.CH4/c1-5-24-14(21)13(15(2,3)4)10-6-7-11(20(22)23)12(8-10)25-9-16(17,18)19;1-6-11-8(10)7(2)12-13-9(3,4)5;9-5-1-2-6(13(14)15)7(3-5)16-4-8(10,11)12;2-1-3;/h6-8,13H,5,9H2,1-4H3;2,6H2,1,3-5H3;1-3H,4H2;;1H4. The molecule has 2 rings (SSSR count). The van der Waals surface area contributed by atoms with Gasteiger partial charge in [-0.25, -0.2) is 9.18 Å². The number of nitrogens with zero attached hydrogens (tertiary/aromatic N) is 2. The first-order valence-corrected chi connectivity index (χ1v) is 15.9. The highest BCUT2D eigenvalue weighted by molar-refractivity contribution is 5.85. The predicted molar refractivity (Wildman–Crippen MR) is 188 cm³/mol. The molecule has 58 heavy (non-hydrogen) atoms. The van der Waals surface area contributed by atoms with Crippen molar-refractivity contribution >= 4 is 29.5 Å². The molecule has 0 spiro atoms. The molecule has 1 atom stereocenters. The minimum Gasteiger partial charge on any atom is -0.477 e. The fraction of sp³-hybridized carbons (Fsp3) is 0.514. The highest BCUT2D eigenvalue weighted by Crippen LogP contribution is 2.40. The van der Waals surface area contributed by atoms with Crippen molar-refractivity contribution in [2.75, 3.05) is 26.4 Å². The van der Waals surface area contributed by atoms with Crippen molar-refractivity contribution in [3.05, 3.63) is 80.3 Å². The Morgan fingerprint density at radius 3 is 1.55 bits per heavy atom. The number of nitro groups is 2. The zero-order valence-corrected chi connectivity index (χ0v) is 31.8. The van der Waals surface area contributed by atoms with Crippen LogP contribution in [0.3, 0.4) is 0 Å². The lowest BCUT2D eigenvalue weighted by Gasteiger charge is -2.29. The molecule has 2 aromatic carbocycles. The van der Waals surface area contributed by atoms with E-state index in [-0.39, 0.29) is 38.1 Å². The van der Waals surface area contributed by atoms with Crippen LogP contribution in [0.2, 0.25) is 0 Å². The molecule has 0 radical (unpaired) electrons. The molecule has 0 heterocycles. The molecule has 0 fully saturated rings. The van der Waals surface area contributed by atoms with Crippen LogP contribution in [-0.2, 0) is 38.4 Å². The predicted octanol–water partition coefficient (Wildman–Crippen LogP) is 8.77. The fourth-order valence-corrected chi connectivity index (χ4v) is 3.69. The third-order valence-electron chi connectivity index (χ3n) is 5.70. The van der Waals surface area contributed by atoms with Gasteiger partial charge in [0.25, 0.3) is 0 Å². The number of hydrogen-bond donors (Lipinski definition) is 0. The second kappa shape index (κ2) is 25.4. The summed E-state index contributed by atoms with van der Waals surface area (Å²) in [5.41, 5.74) is -2.14. The number of benzene rings is 2. The van der Waals surface area contributed by atoms with Gasteiger partial charge in [-0.15, -0.1) is 0 Å². The summed E-state index contributed by atoms with van der Waals surface area (Å²) in [5, 5.41) is 21.4. The number of carbonyl (C=O) groups excluding carboxylic acids is 4. The summed E-state index contributed by atoms with van der Waals surface area (Å²) in [6.07, 6.45) is -9.03. The Labute approximate surface area is 328 Å². The molecule has 23 heteroatoms. The van der Waals surface area contributed by atoms with Crippen LogP contribution < -0.4 is 9.47 Å². The Hall–Kier alpha value is -5.83. The van der Waals surface area contributed by atoms with Crippen molar-refractivity contribution in [2.45, 2.75) is 86.7 Å². The van der Waals surface area contributed by atoms with E-state index in [1.165, 1.54) is 6.07 Å². The van der Waals surface area contributed by atoms with Crippen LogP contribution in [0.5, 0.6) is 11.5 Å². The van der Waals surface area contributed by atoms with Gasteiger partial charge in [-0.05, 0) is 64.3 Å². The van der Waals surface area contributed by atoms with Gasteiger partial charge in [0.05, 0.1) is 29.0 Å². The Kier molecular flexibility index (Phi) is 24.8. The van der Waals surface area contributed by atoms with Gasteiger partial charge in [-0.2, -0.15) is 40.8 Å². The van der Waals surface area contributed by atoms with Gasteiger partial charge in [0.1, 0.15) is 11.4 Å². The van der Waals surface area contributed by atoms with E-state index in [0.29, 0.717) is 6.07 Å². The molecule has 328 valence electrons. The van der Waals surface area contributed by atoms with E-state index in [0.717, 1.165) is 24.3 Å². The van der Waals surface area contributed by atoms with Crippen LogP contribution in [0, 0.1) is 31.5 Å². The topological polar surface area (TPSA) is 210 Å². The molecular formula is C35H45F7N2O14. The third kappa shape index (κ3) is 24.6. The zero-order valence-electron chi connectivity index (χ0n) is 31.8. The van der Waals surface area contributed by atoms with Crippen LogP contribution >= 0.6 is 0 Å². The number of hydrogen-bond acceptors (Lipinski definition) is 14. The highest BCUT2D eigenvalue weighted by atomic mass is 19.4. The summed E-state index contributed by atoms with van der Waals surface area (Å²) >= 11 is 0. The maximum atomic E-state index is 12.6. The van der Waals surface area contributed by atoms with E-state index in [1.54, 1.807) is 55.4 Å². The van der Waals surface area contributed by atoms with Crippen molar-refractivity contribution in [1.82, 2.24) is 0 Å². The smallest absolute Gasteiger partial charge is 0.422 e. The number of nitro benzene ring substituents is 2. The molecule has 0 bridgehead atoms. The van der Waals surface area contributed by atoms with Crippen molar-refractivity contribution in [1.29, 1.82) is 0 Å². The molecule has 0 aliphatic carbocycles. The molecule has 0 N–H and O–H groups in total. The Balaban J connectivity index is -0.000000793. The van der Waals surface area contributed by atoms with Gasteiger partial charge in [-0.3, -0.25) is 25.0 Å². The highest BCUT2D eigenvalue weighted by Gasteiger charge is 2.36. The first kappa shape index (κ1) is 56.5. The monoisotopic (exact) mass is 850 g/mol. The van der Waals surface area contributed by atoms with Crippen LogP contribution in [-0.4, -0.2) is 72.3 Å². The molecule has 0 aromatic heterocycles. The molecule has 1 unspecified atom stereocenters. The fourth-order valence-electron chi connectivity index (χ4n) is 3.69. The first-order chi connectivity index (χ1) is 25.9. The number of carbonyl (C=O) groups is 2. The molecule has 2 aromatic rings. The number of halogens is 7. The Bertz CT molecular complexity index is 1680. The summed E-state index contributed by atoms with van der Waals surface area (Å²) in [7, 11) is 0. The van der Waals surface area contributed by atoms with Gasteiger partial charge in [-0.1, -0.05) is 34.3 Å². The summed E-state index contributed by atoms with van der Waals surface area (Å²) in [5.74, 6) is -4.33. The van der Waals surface area contributed by atoms with Gasteiger partial charge >= 0.3 is 41.8 Å². The summed E-state index contributed by atoms with van der Waals surface area (Å²) in [6, 6.07) is 5.48. The minimum atomic E-state index is -4.64. The third-order valence-corrected chi connectivity index (χ3v) is 5.70. The van der Waals surface area contributed by atoms with E-state index in [4.69, 9.17) is 19.2 Å². The molecule has 0 aliphatic heterocycles. The van der Waals surface area contributed by atoms with E-state index in [1.807, 2.05) is 0 Å². The lowest BCUT2D eigenvalue weighted by molar-refractivity contribution is -0.386. The second-order valence-corrected chi connectivity index (χ2v) is 12.7. The van der Waals surface area contributed by atoms with E-state index >= 15 is 0 Å².